The van der Waals surface area contributed by atoms with Gasteiger partial charge in [-0.05, 0) is 36.3 Å². The third-order valence-electron chi connectivity index (χ3n) is 3.27. The van der Waals surface area contributed by atoms with Crippen LogP contribution in [0.5, 0.6) is 5.75 Å². The van der Waals surface area contributed by atoms with Crippen molar-refractivity contribution in [1.29, 1.82) is 0 Å². The largest absolute Gasteiger partial charge is 0.543 e. The number of carbonyl (C=O) groups excluding carboxylic acids is 1. The van der Waals surface area contributed by atoms with Crippen LogP contribution in [0.2, 0.25) is 23.2 Å². The zero-order chi connectivity index (χ0) is 13.3. The van der Waals surface area contributed by atoms with Gasteiger partial charge in [-0.15, -0.1) is 0 Å². The van der Waals surface area contributed by atoms with Gasteiger partial charge in [0, 0.05) is 5.02 Å². The highest BCUT2D eigenvalue weighted by atomic mass is 35.5. The minimum absolute atomic E-state index is 0.104. The van der Waals surface area contributed by atoms with E-state index in [1.165, 1.54) is 0 Å². The Balaban J connectivity index is 3.07. The number of aldehydes is 1. The second-order valence-electron chi connectivity index (χ2n) is 5.66. The van der Waals surface area contributed by atoms with E-state index >= 15 is 0 Å². The van der Waals surface area contributed by atoms with Crippen molar-refractivity contribution in [2.45, 2.75) is 38.9 Å². The van der Waals surface area contributed by atoms with E-state index in [0.29, 0.717) is 16.3 Å². The predicted octanol–water partition coefficient (Wildman–Crippen LogP) is 4.54. The first-order valence-corrected chi connectivity index (χ1v) is 8.90. The first-order chi connectivity index (χ1) is 7.67. The molecule has 0 bridgehead atoms. The van der Waals surface area contributed by atoms with Crippen LogP contribution in [0.3, 0.4) is 0 Å². The molecule has 4 heteroatoms. The van der Waals surface area contributed by atoms with E-state index < -0.39 is 8.32 Å². The zero-order valence-corrected chi connectivity index (χ0v) is 12.8. The van der Waals surface area contributed by atoms with Crippen LogP contribution in [0.1, 0.15) is 31.1 Å². The number of hydrogen-bond acceptors (Lipinski definition) is 2. The van der Waals surface area contributed by atoms with Gasteiger partial charge in [0.05, 0.1) is 5.56 Å². The van der Waals surface area contributed by atoms with Gasteiger partial charge in [-0.25, -0.2) is 0 Å². The highest BCUT2D eigenvalue weighted by molar-refractivity contribution is 6.74. The standard InChI is InChI=1S/C13H19ClO2Si/c1-13(2,3)17(4,5)16-12-7-6-11(14)8-10(12)9-15/h6-9H,1-5H3. The average molecular weight is 271 g/mol. The number of carbonyl (C=O) groups is 1. The molecule has 0 aliphatic carbocycles. The Labute approximate surface area is 109 Å². The highest BCUT2D eigenvalue weighted by Gasteiger charge is 2.39. The summed E-state index contributed by atoms with van der Waals surface area (Å²) in [4.78, 5) is 11.0. The second kappa shape index (κ2) is 4.82. The third-order valence-corrected chi connectivity index (χ3v) is 7.85. The molecule has 0 N–H and O–H groups in total. The minimum atomic E-state index is -1.91. The highest BCUT2D eigenvalue weighted by Crippen LogP contribution is 2.38. The van der Waals surface area contributed by atoms with Crippen molar-refractivity contribution in [2.75, 3.05) is 0 Å². The van der Waals surface area contributed by atoms with Gasteiger partial charge in [0.15, 0.2) is 6.29 Å². The number of rotatable bonds is 3. The zero-order valence-electron chi connectivity index (χ0n) is 11.0. The molecule has 0 amide bonds. The maximum Gasteiger partial charge on any atom is 0.250 e. The second-order valence-corrected chi connectivity index (χ2v) is 10.8. The lowest BCUT2D eigenvalue weighted by atomic mass is 10.2. The van der Waals surface area contributed by atoms with Gasteiger partial charge in [-0.3, -0.25) is 4.79 Å². The summed E-state index contributed by atoms with van der Waals surface area (Å²) in [5.74, 6) is 0.635. The van der Waals surface area contributed by atoms with Crippen LogP contribution in [0.4, 0.5) is 0 Å². The fourth-order valence-electron chi connectivity index (χ4n) is 1.13. The van der Waals surface area contributed by atoms with Crippen LogP contribution in [-0.2, 0) is 0 Å². The van der Waals surface area contributed by atoms with Gasteiger partial charge in [0.25, 0.3) is 8.32 Å². The molecule has 0 saturated carbocycles. The average Bonchev–Trinajstić information content (AvgIpc) is 2.18. The molecule has 1 aromatic carbocycles. The first kappa shape index (κ1) is 14.3. The first-order valence-electron chi connectivity index (χ1n) is 5.61. The van der Waals surface area contributed by atoms with Gasteiger partial charge in [-0.1, -0.05) is 32.4 Å². The van der Waals surface area contributed by atoms with Crippen LogP contribution >= 0.6 is 11.6 Å². The van der Waals surface area contributed by atoms with E-state index in [4.69, 9.17) is 16.0 Å². The van der Waals surface area contributed by atoms with Crippen molar-refractivity contribution in [2.24, 2.45) is 0 Å². The van der Waals surface area contributed by atoms with E-state index in [-0.39, 0.29) is 5.04 Å². The Morgan fingerprint density at radius 2 is 1.88 bits per heavy atom. The molecule has 2 nitrogen and oxygen atoms in total. The molecular weight excluding hydrogens is 252 g/mol. The molecule has 0 aliphatic rings. The lowest BCUT2D eigenvalue weighted by Gasteiger charge is -2.36. The van der Waals surface area contributed by atoms with Gasteiger partial charge in [0.1, 0.15) is 5.75 Å². The molecule has 0 spiro atoms. The van der Waals surface area contributed by atoms with E-state index in [2.05, 4.69) is 33.9 Å². The summed E-state index contributed by atoms with van der Waals surface area (Å²) in [6, 6.07) is 5.15. The Morgan fingerprint density at radius 3 is 2.35 bits per heavy atom. The Hall–Kier alpha value is -0.803. The molecule has 0 aliphatic heterocycles. The van der Waals surface area contributed by atoms with E-state index in [9.17, 15) is 4.79 Å². The molecule has 94 valence electrons. The van der Waals surface area contributed by atoms with Gasteiger partial charge in [-0.2, -0.15) is 0 Å². The lowest BCUT2D eigenvalue weighted by molar-refractivity contribution is 0.112. The molecular formula is C13H19ClO2Si. The Morgan fingerprint density at radius 1 is 1.29 bits per heavy atom. The summed E-state index contributed by atoms with van der Waals surface area (Å²) in [6.45, 7) is 10.8. The molecule has 0 unspecified atom stereocenters. The number of halogens is 1. The summed E-state index contributed by atoms with van der Waals surface area (Å²) in [5.41, 5.74) is 0.516. The maximum atomic E-state index is 11.0. The fraction of sp³-hybridized carbons (Fsp3) is 0.462. The molecule has 1 aromatic rings. The molecule has 0 fully saturated rings. The Kier molecular flexibility index (Phi) is 4.05. The topological polar surface area (TPSA) is 26.3 Å². The van der Waals surface area contributed by atoms with Crippen LogP contribution in [-0.4, -0.2) is 14.6 Å². The third kappa shape index (κ3) is 3.33. The van der Waals surface area contributed by atoms with E-state index in [1.54, 1.807) is 18.2 Å². The normalized spacial score (nSPS) is 12.4. The van der Waals surface area contributed by atoms with Gasteiger partial charge in [0.2, 0.25) is 0 Å². The van der Waals surface area contributed by atoms with Crippen molar-refractivity contribution in [1.82, 2.24) is 0 Å². The molecule has 0 atom stereocenters. The monoisotopic (exact) mass is 270 g/mol. The molecule has 17 heavy (non-hydrogen) atoms. The molecule has 1 rings (SSSR count). The lowest BCUT2D eigenvalue weighted by Crippen LogP contribution is -2.44. The molecule has 0 aromatic heterocycles. The quantitative estimate of drug-likeness (QED) is 0.596. The SMILES string of the molecule is CC(C)(C)[Si](C)(C)Oc1ccc(Cl)cc1C=O. The molecule has 0 heterocycles. The van der Waals surface area contributed by atoms with Crippen molar-refractivity contribution in [3.05, 3.63) is 28.8 Å². The molecule has 0 saturated heterocycles. The van der Waals surface area contributed by atoms with Crippen molar-refractivity contribution in [3.63, 3.8) is 0 Å². The summed E-state index contributed by atoms with van der Waals surface area (Å²) >= 11 is 5.85. The number of hydrogen-bond donors (Lipinski definition) is 0. The summed E-state index contributed by atoms with van der Waals surface area (Å²) in [5, 5.41) is 0.655. The van der Waals surface area contributed by atoms with Crippen LogP contribution in [0.15, 0.2) is 18.2 Å². The fourth-order valence-corrected chi connectivity index (χ4v) is 2.35. The maximum absolute atomic E-state index is 11.0. The van der Waals surface area contributed by atoms with Crippen molar-refractivity contribution in [3.8, 4) is 5.75 Å². The van der Waals surface area contributed by atoms with E-state index in [0.717, 1.165) is 6.29 Å². The van der Waals surface area contributed by atoms with Gasteiger partial charge >= 0.3 is 0 Å². The van der Waals surface area contributed by atoms with E-state index in [1.807, 2.05) is 0 Å². The summed E-state index contributed by atoms with van der Waals surface area (Å²) in [6.07, 6.45) is 0.786. The van der Waals surface area contributed by atoms with Crippen LogP contribution < -0.4 is 4.43 Å². The predicted molar refractivity (Wildman–Crippen MR) is 74.7 cm³/mol. The smallest absolute Gasteiger partial charge is 0.250 e. The minimum Gasteiger partial charge on any atom is -0.543 e. The van der Waals surface area contributed by atoms with Crippen LogP contribution in [0.25, 0.3) is 0 Å². The van der Waals surface area contributed by atoms with Crippen molar-refractivity contribution < 1.29 is 9.22 Å². The Bertz CT molecular complexity index is 422. The number of benzene rings is 1. The van der Waals surface area contributed by atoms with Crippen LogP contribution in [0, 0.1) is 0 Å². The van der Waals surface area contributed by atoms with Gasteiger partial charge < -0.3 is 4.43 Å². The summed E-state index contributed by atoms with van der Waals surface area (Å²) < 4.78 is 6.09. The van der Waals surface area contributed by atoms with Crippen molar-refractivity contribution >= 4 is 26.2 Å². The summed E-state index contributed by atoms with van der Waals surface area (Å²) in [7, 11) is -1.91. The molecule has 0 radical (unpaired) electrons.